The zero-order valence-electron chi connectivity index (χ0n) is 12.7. The second-order valence-corrected chi connectivity index (χ2v) is 5.12. The van der Waals surface area contributed by atoms with Crippen LogP contribution in [0, 0.1) is 6.92 Å². The lowest BCUT2D eigenvalue weighted by molar-refractivity contribution is 0.154. The Morgan fingerprint density at radius 3 is 2.61 bits per heavy atom. The van der Waals surface area contributed by atoms with Gasteiger partial charge in [0.15, 0.2) is 0 Å². The monoisotopic (exact) mass is 308 g/mol. The van der Waals surface area contributed by atoms with Gasteiger partial charge >= 0.3 is 6.09 Å². The summed E-state index contributed by atoms with van der Waals surface area (Å²) < 4.78 is 10.3. The zero-order valence-corrected chi connectivity index (χ0v) is 12.7. The smallest absolute Gasteiger partial charge is 0.414 e. The van der Waals surface area contributed by atoms with Crippen molar-refractivity contribution in [3.05, 3.63) is 71.9 Å². The molecule has 0 fully saturated rings. The van der Waals surface area contributed by atoms with Crippen molar-refractivity contribution >= 4 is 12.0 Å². The van der Waals surface area contributed by atoms with Crippen molar-refractivity contribution in [2.75, 3.05) is 5.32 Å². The van der Waals surface area contributed by atoms with E-state index >= 15 is 0 Å². The van der Waals surface area contributed by atoms with Crippen LogP contribution in [0.1, 0.15) is 11.1 Å². The third-order valence-corrected chi connectivity index (χ3v) is 3.36. The minimum atomic E-state index is -0.584. The van der Waals surface area contributed by atoms with Gasteiger partial charge in [0.05, 0.1) is 11.8 Å². The second-order valence-electron chi connectivity index (χ2n) is 5.12. The maximum atomic E-state index is 11.9. The molecule has 2 aromatic carbocycles. The third kappa shape index (κ3) is 3.77. The highest BCUT2D eigenvalue weighted by atomic mass is 16.6. The molecular weight excluding hydrogens is 292 g/mol. The number of hydrogen-bond acceptors (Lipinski definition) is 4. The fraction of sp³-hybridized carbons (Fsp3) is 0.111. The Morgan fingerprint density at radius 1 is 1.13 bits per heavy atom. The van der Waals surface area contributed by atoms with Crippen LogP contribution in [0.5, 0.6) is 0 Å². The molecule has 0 saturated carbocycles. The van der Waals surface area contributed by atoms with E-state index in [0.29, 0.717) is 5.56 Å². The number of rotatable bonds is 4. The summed E-state index contributed by atoms with van der Waals surface area (Å²) in [5, 5.41) is 6.33. The minimum Gasteiger partial charge on any atom is -0.444 e. The Hall–Kier alpha value is -3.08. The van der Waals surface area contributed by atoms with E-state index in [0.717, 1.165) is 16.7 Å². The quantitative estimate of drug-likeness (QED) is 0.776. The first-order chi connectivity index (χ1) is 11.2. The van der Waals surface area contributed by atoms with Crippen LogP contribution < -0.4 is 5.32 Å². The molecule has 0 bridgehead atoms. The number of carbonyl (C=O) groups excluding carboxylic acids is 1. The predicted molar refractivity (Wildman–Crippen MR) is 86.9 cm³/mol. The Kier molecular flexibility index (Phi) is 4.38. The van der Waals surface area contributed by atoms with Crippen molar-refractivity contribution < 1.29 is 14.1 Å². The lowest BCUT2D eigenvalue weighted by atomic mass is 10.1. The highest BCUT2D eigenvalue weighted by Gasteiger charge is 2.14. The molecule has 0 unspecified atom stereocenters. The third-order valence-electron chi connectivity index (χ3n) is 3.36. The number of nitrogens with zero attached hydrogens (tertiary/aromatic N) is 1. The van der Waals surface area contributed by atoms with Crippen LogP contribution in [0.3, 0.4) is 0 Å². The fourth-order valence-corrected chi connectivity index (χ4v) is 2.12. The summed E-state index contributed by atoms with van der Waals surface area (Å²) in [6.07, 6.45) is 0.983. The SMILES string of the molecule is Cc1ccc(-c2cnoc2NC(=O)OCc2ccccc2)cc1. The van der Waals surface area contributed by atoms with Crippen LogP contribution in [0.4, 0.5) is 10.7 Å². The average molecular weight is 308 g/mol. The van der Waals surface area contributed by atoms with E-state index in [1.165, 1.54) is 0 Å². The van der Waals surface area contributed by atoms with E-state index in [2.05, 4.69) is 10.5 Å². The summed E-state index contributed by atoms with van der Waals surface area (Å²) >= 11 is 0. The van der Waals surface area contributed by atoms with Gasteiger partial charge in [0.2, 0.25) is 5.88 Å². The van der Waals surface area contributed by atoms with Gasteiger partial charge in [-0.25, -0.2) is 4.79 Å². The molecular formula is C18H16N2O3. The summed E-state index contributed by atoms with van der Waals surface area (Å²) in [5.74, 6) is 0.270. The van der Waals surface area contributed by atoms with Crippen LogP contribution in [-0.4, -0.2) is 11.2 Å². The van der Waals surface area contributed by atoms with Gasteiger partial charge in [0.25, 0.3) is 0 Å². The maximum Gasteiger partial charge on any atom is 0.414 e. The number of carbonyl (C=O) groups is 1. The number of ether oxygens (including phenoxy) is 1. The molecule has 0 aliphatic rings. The van der Waals surface area contributed by atoms with Gasteiger partial charge < -0.3 is 9.26 Å². The molecule has 1 N–H and O–H groups in total. The summed E-state index contributed by atoms with van der Waals surface area (Å²) in [4.78, 5) is 11.9. The summed E-state index contributed by atoms with van der Waals surface area (Å²) in [6.45, 7) is 2.21. The van der Waals surface area contributed by atoms with Crippen molar-refractivity contribution in [1.82, 2.24) is 5.16 Å². The zero-order chi connectivity index (χ0) is 16.1. The largest absolute Gasteiger partial charge is 0.444 e. The number of amides is 1. The first-order valence-corrected chi connectivity index (χ1v) is 7.22. The standard InChI is InChI=1S/C18H16N2O3/c1-13-7-9-15(10-8-13)16-11-19-23-17(16)20-18(21)22-12-14-5-3-2-4-6-14/h2-11H,12H2,1H3,(H,20,21). The topological polar surface area (TPSA) is 64.4 Å². The van der Waals surface area contributed by atoms with Gasteiger partial charge in [0, 0.05) is 0 Å². The molecule has 23 heavy (non-hydrogen) atoms. The molecule has 1 amide bonds. The average Bonchev–Trinajstić information content (AvgIpc) is 3.03. The molecule has 3 aromatic rings. The number of anilines is 1. The van der Waals surface area contributed by atoms with E-state index in [1.807, 2.05) is 61.5 Å². The Balaban J connectivity index is 1.65. The van der Waals surface area contributed by atoms with E-state index in [1.54, 1.807) is 6.20 Å². The molecule has 0 spiro atoms. The normalized spacial score (nSPS) is 10.3. The molecule has 0 radical (unpaired) electrons. The molecule has 116 valence electrons. The van der Waals surface area contributed by atoms with Gasteiger partial charge in [-0.15, -0.1) is 0 Å². The van der Waals surface area contributed by atoms with Crippen molar-refractivity contribution in [3.63, 3.8) is 0 Å². The Morgan fingerprint density at radius 2 is 1.87 bits per heavy atom. The molecule has 0 aliphatic heterocycles. The van der Waals surface area contributed by atoms with Gasteiger partial charge in [0.1, 0.15) is 6.61 Å². The van der Waals surface area contributed by atoms with E-state index in [4.69, 9.17) is 9.26 Å². The number of benzene rings is 2. The minimum absolute atomic E-state index is 0.195. The van der Waals surface area contributed by atoms with Crippen molar-refractivity contribution in [2.24, 2.45) is 0 Å². The molecule has 5 heteroatoms. The van der Waals surface area contributed by atoms with Gasteiger partial charge in [-0.3, -0.25) is 5.32 Å². The van der Waals surface area contributed by atoms with Crippen molar-refractivity contribution in [3.8, 4) is 11.1 Å². The Bertz CT molecular complexity index is 780. The van der Waals surface area contributed by atoms with Crippen LogP contribution in [-0.2, 0) is 11.3 Å². The fourth-order valence-electron chi connectivity index (χ4n) is 2.12. The highest BCUT2D eigenvalue weighted by molar-refractivity contribution is 5.88. The van der Waals surface area contributed by atoms with Crippen LogP contribution in [0.15, 0.2) is 65.3 Å². The van der Waals surface area contributed by atoms with Crippen molar-refractivity contribution in [2.45, 2.75) is 13.5 Å². The van der Waals surface area contributed by atoms with Gasteiger partial charge in [-0.1, -0.05) is 65.3 Å². The molecule has 3 rings (SSSR count). The van der Waals surface area contributed by atoms with Gasteiger partial charge in [-0.05, 0) is 18.1 Å². The van der Waals surface area contributed by atoms with Crippen LogP contribution in [0.25, 0.3) is 11.1 Å². The first-order valence-electron chi connectivity index (χ1n) is 7.22. The summed E-state index contributed by atoms with van der Waals surface area (Å²) in [6, 6.07) is 17.3. The number of aryl methyl sites for hydroxylation is 1. The van der Waals surface area contributed by atoms with E-state index < -0.39 is 6.09 Å². The van der Waals surface area contributed by atoms with Gasteiger partial charge in [-0.2, -0.15) is 0 Å². The first kappa shape index (κ1) is 14.8. The maximum absolute atomic E-state index is 11.9. The van der Waals surface area contributed by atoms with Crippen LogP contribution in [0.2, 0.25) is 0 Å². The molecule has 0 atom stereocenters. The lowest BCUT2D eigenvalue weighted by Crippen LogP contribution is -2.13. The van der Waals surface area contributed by atoms with Crippen LogP contribution >= 0.6 is 0 Å². The molecule has 1 aromatic heterocycles. The molecule has 0 aliphatic carbocycles. The summed E-state index contributed by atoms with van der Waals surface area (Å²) in [5.41, 5.74) is 3.69. The Labute approximate surface area is 133 Å². The molecule has 5 nitrogen and oxygen atoms in total. The van der Waals surface area contributed by atoms with E-state index in [-0.39, 0.29) is 12.5 Å². The molecule has 1 heterocycles. The van der Waals surface area contributed by atoms with E-state index in [9.17, 15) is 4.79 Å². The summed E-state index contributed by atoms with van der Waals surface area (Å²) in [7, 11) is 0. The number of aromatic nitrogens is 1. The molecule has 0 saturated heterocycles. The predicted octanol–water partition coefficient (Wildman–Crippen LogP) is 4.40. The lowest BCUT2D eigenvalue weighted by Gasteiger charge is -2.06. The van der Waals surface area contributed by atoms with Crippen molar-refractivity contribution in [1.29, 1.82) is 0 Å². The second kappa shape index (κ2) is 6.79. The number of nitrogens with one attached hydrogen (secondary N) is 1. The highest BCUT2D eigenvalue weighted by Crippen LogP contribution is 2.28. The number of hydrogen-bond donors (Lipinski definition) is 1.